The number of carbonyl (C=O) groups is 1. The number of nitrogens with one attached hydrogen (secondary N) is 1. The third kappa shape index (κ3) is 6.20. The molecule has 1 amide bonds. The van der Waals surface area contributed by atoms with Crippen molar-refractivity contribution in [2.45, 2.75) is 13.5 Å². The molecule has 3 aromatic rings. The summed E-state index contributed by atoms with van der Waals surface area (Å²) in [6.07, 6.45) is 1.51. The van der Waals surface area contributed by atoms with Gasteiger partial charge in [-0.25, -0.2) is 0 Å². The van der Waals surface area contributed by atoms with Gasteiger partial charge in [-0.1, -0.05) is 57.9 Å². The summed E-state index contributed by atoms with van der Waals surface area (Å²) in [7, 11) is 0. The van der Waals surface area contributed by atoms with Gasteiger partial charge in [0, 0.05) is 20.7 Å². The quantitative estimate of drug-likeness (QED) is 0.254. The molecule has 156 valence electrons. The summed E-state index contributed by atoms with van der Waals surface area (Å²) in [5.41, 5.74) is 2.94. The molecule has 0 aliphatic carbocycles. The second-order valence-electron chi connectivity index (χ2n) is 6.66. The highest BCUT2D eigenvalue weighted by Crippen LogP contribution is 2.35. The maximum Gasteiger partial charge on any atom is 0.266 e. The molecule has 0 aliphatic heterocycles. The maximum atomic E-state index is 12.7. The molecule has 7 heteroatoms. The van der Waals surface area contributed by atoms with Gasteiger partial charge < -0.3 is 10.1 Å². The topological polar surface area (TPSA) is 62.1 Å². The zero-order chi connectivity index (χ0) is 22.4. The minimum Gasteiger partial charge on any atom is -0.487 e. The molecule has 0 radical (unpaired) electrons. The number of halogens is 3. The molecule has 31 heavy (non-hydrogen) atoms. The van der Waals surface area contributed by atoms with Gasteiger partial charge >= 0.3 is 0 Å². The summed E-state index contributed by atoms with van der Waals surface area (Å²) in [5.74, 6) is 0.0216. The van der Waals surface area contributed by atoms with Crippen LogP contribution in [0.25, 0.3) is 6.08 Å². The zero-order valence-corrected chi connectivity index (χ0v) is 20.4. The van der Waals surface area contributed by atoms with E-state index in [9.17, 15) is 10.1 Å². The molecule has 1 N–H and O–H groups in total. The minimum atomic E-state index is -0.516. The van der Waals surface area contributed by atoms with Crippen molar-refractivity contribution in [3.05, 3.63) is 96.9 Å². The van der Waals surface area contributed by atoms with Crippen LogP contribution in [0.4, 0.5) is 5.69 Å². The Bertz CT molecular complexity index is 1190. The number of rotatable bonds is 6. The molecule has 4 nitrogen and oxygen atoms in total. The molecule has 0 aliphatic rings. The van der Waals surface area contributed by atoms with Crippen molar-refractivity contribution in [1.29, 1.82) is 5.26 Å². The number of nitriles is 1. The van der Waals surface area contributed by atoms with Gasteiger partial charge in [0.25, 0.3) is 5.91 Å². The molecule has 3 rings (SSSR count). The number of carbonyl (C=O) groups excluding carboxylic acids is 1. The van der Waals surface area contributed by atoms with E-state index in [2.05, 4.69) is 37.2 Å². The Labute approximate surface area is 202 Å². The summed E-state index contributed by atoms with van der Waals surface area (Å²) in [6.45, 7) is 2.18. The average Bonchev–Trinajstić information content (AvgIpc) is 2.73. The lowest BCUT2D eigenvalue weighted by molar-refractivity contribution is -0.112. The van der Waals surface area contributed by atoms with Gasteiger partial charge in [0.05, 0.1) is 4.47 Å². The number of aryl methyl sites for hydroxylation is 1. The summed E-state index contributed by atoms with van der Waals surface area (Å²) < 4.78 is 7.50. The molecule has 0 heterocycles. The number of hydrogen-bond donors (Lipinski definition) is 1. The van der Waals surface area contributed by atoms with Gasteiger partial charge in [0.2, 0.25) is 0 Å². The number of anilines is 1. The predicted octanol–water partition coefficient (Wildman–Crippen LogP) is 7.30. The third-order valence-corrected chi connectivity index (χ3v) is 5.65. The van der Waals surface area contributed by atoms with Crippen molar-refractivity contribution in [3.8, 4) is 11.8 Å². The lowest BCUT2D eigenvalue weighted by atomic mass is 10.1. The van der Waals surface area contributed by atoms with E-state index < -0.39 is 5.91 Å². The minimum absolute atomic E-state index is 0.0519. The fourth-order valence-corrected chi connectivity index (χ4v) is 4.43. The Morgan fingerprint density at radius 1 is 1.16 bits per heavy atom. The summed E-state index contributed by atoms with van der Waals surface area (Å²) in [6, 6.07) is 20.5. The normalized spacial score (nSPS) is 11.0. The monoisotopic (exact) mass is 558 g/mol. The second-order valence-corrected chi connectivity index (χ2v) is 8.87. The highest BCUT2D eigenvalue weighted by Gasteiger charge is 2.15. The molecular formula is C24H17Br2ClN2O2. The van der Waals surface area contributed by atoms with Crippen molar-refractivity contribution in [2.24, 2.45) is 0 Å². The van der Waals surface area contributed by atoms with Crippen LogP contribution in [0.1, 0.15) is 16.7 Å². The lowest BCUT2D eigenvalue weighted by Crippen LogP contribution is -2.14. The van der Waals surface area contributed by atoms with E-state index in [-0.39, 0.29) is 5.57 Å². The summed E-state index contributed by atoms with van der Waals surface area (Å²) in [4.78, 5) is 12.7. The largest absolute Gasteiger partial charge is 0.487 e. The predicted molar refractivity (Wildman–Crippen MR) is 131 cm³/mol. The summed E-state index contributed by atoms with van der Waals surface area (Å²) >= 11 is 12.9. The van der Waals surface area contributed by atoms with Crippen molar-refractivity contribution in [3.63, 3.8) is 0 Å². The average molecular weight is 561 g/mol. The zero-order valence-electron chi connectivity index (χ0n) is 16.5. The molecule has 0 aromatic heterocycles. The molecular weight excluding hydrogens is 544 g/mol. The number of nitrogens with zero attached hydrogens (tertiary/aromatic N) is 1. The van der Waals surface area contributed by atoms with Crippen LogP contribution >= 0.6 is 43.5 Å². The molecule has 0 fully saturated rings. The van der Waals surface area contributed by atoms with Gasteiger partial charge in [-0.05, 0) is 70.4 Å². The first-order valence-corrected chi connectivity index (χ1v) is 11.2. The second kappa shape index (κ2) is 10.6. The first kappa shape index (κ1) is 23.1. The van der Waals surface area contributed by atoms with Gasteiger partial charge in [-0.15, -0.1) is 0 Å². The van der Waals surface area contributed by atoms with Crippen LogP contribution in [-0.4, -0.2) is 5.91 Å². The maximum absolute atomic E-state index is 12.7. The van der Waals surface area contributed by atoms with Crippen LogP contribution in [0, 0.1) is 18.3 Å². The Kier molecular flexibility index (Phi) is 7.91. The van der Waals surface area contributed by atoms with E-state index in [1.54, 1.807) is 24.3 Å². The fraction of sp³-hybridized carbons (Fsp3) is 0.0833. The first-order valence-electron chi connectivity index (χ1n) is 9.22. The van der Waals surface area contributed by atoms with E-state index >= 15 is 0 Å². The molecule has 0 unspecified atom stereocenters. The lowest BCUT2D eigenvalue weighted by Gasteiger charge is -2.13. The SMILES string of the molecule is Cc1cc(Cl)ccc1NC(=O)/C(C#N)=C/c1cc(Br)cc(Br)c1OCc1ccccc1. The van der Waals surface area contributed by atoms with Crippen molar-refractivity contribution < 1.29 is 9.53 Å². The van der Waals surface area contributed by atoms with Crippen LogP contribution in [0.15, 0.2) is 75.2 Å². The van der Waals surface area contributed by atoms with E-state index in [1.807, 2.05) is 49.4 Å². The molecule has 0 atom stereocenters. The van der Waals surface area contributed by atoms with E-state index in [0.29, 0.717) is 33.1 Å². The molecule has 0 bridgehead atoms. The fourth-order valence-electron chi connectivity index (χ4n) is 2.83. The van der Waals surface area contributed by atoms with Crippen LogP contribution in [-0.2, 0) is 11.4 Å². The number of ether oxygens (including phenoxy) is 1. The van der Waals surface area contributed by atoms with Crippen LogP contribution in [0.2, 0.25) is 5.02 Å². The summed E-state index contributed by atoms with van der Waals surface area (Å²) in [5, 5.41) is 13.0. The van der Waals surface area contributed by atoms with Crippen molar-refractivity contribution >= 4 is 61.1 Å². The number of amides is 1. The van der Waals surface area contributed by atoms with Gasteiger partial charge in [-0.2, -0.15) is 5.26 Å². The van der Waals surface area contributed by atoms with Gasteiger partial charge in [0.15, 0.2) is 0 Å². The van der Waals surface area contributed by atoms with Gasteiger partial charge in [-0.3, -0.25) is 4.79 Å². The Morgan fingerprint density at radius 2 is 1.90 bits per heavy atom. The number of hydrogen-bond acceptors (Lipinski definition) is 3. The highest BCUT2D eigenvalue weighted by molar-refractivity contribution is 9.11. The van der Waals surface area contributed by atoms with Gasteiger partial charge in [0.1, 0.15) is 24.0 Å². The van der Waals surface area contributed by atoms with E-state index in [1.165, 1.54) is 6.08 Å². The Morgan fingerprint density at radius 3 is 2.58 bits per heavy atom. The highest BCUT2D eigenvalue weighted by atomic mass is 79.9. The molecule has 0 saturated heterocycles. The van der Waals surface area contributed by atoms with E-state index in [4.69, 9.17) is 16.3 Å². The van der Waals surface area contributed by atoms with E-state index in [0.717, 1.165) is 15.6 Å². The van der Waals surface area contributed by atoms with Crippen molar-refractivity contribution in [2.75, 3.05) is 5.32 Å². The standard InChI is InChI=1S/C24H17Br2ClN2O2/c1-15-9-20(27)7-8-22(15)29-24(30)18(13-28)10-17-11-19(25)12-21(26)23(17)31-14-16-5-3-2-4-6-16/h2-12H,14H2,1H3,(H,29,30)/b18-10+. The van der Waals surface area contributed by atoms with Crippen LogP contribution in [0.3, 0.4) is 0 Å². The molecule has 3 aromatic carbocycles. The first-order chi connectivity index (χ1) is 14.9. The molecule has 0 saturated carbocycles. The Balaban J connectivity index is 1.90. The van der Waals surface area contributed by atoms with Crippen LogP contribution in [0.5, 0.6) is 5.75 Å². The Hall–Kier alpha value is -2.59. The smallest absolute Gasteiger partial charge is 0.266 e. The number of benzene rings is 3. The van der Waals surface area contributed by atoms with Crippen LogP contribution < -0.4 is 10.1 Å². The van der Waals surface area contributed by atoms with Crippen molar-refractivity contribution in [1.82, 2.24) is 0 Å². The molecule has 0 spiro atoms. The third-order valence-electron chi connectivity index (χ3n) is 4.36.